The Kier molecular flexibility index (Phi) is 1.61. The Labute approximate surface area is 67.7 Å². The van der Waals surface area contributed by atoms with Gasteiger partial charge >= 0.3 is 66.9 Å². The Morgan fingerprint density at radius 1 is 1.18 bits per heavy atom. The van der Waals surface area contributed by atoms with E-state index in [1.807, 2.05) is 0 Å². The normalized spacial score (nSPS) is 35.5. The van der Waals surface area contributed by atoms with Crippen molar-refractivity contribution in [1.29, 1.82) is 0 Å². The molecule has 2 aliphatic heterocycles. The van der Waals surface area contributed by atoms with Gasteiger partial charge in [0.05, 0.1) is 0 Å². The Morgan fingerprint density at radius 3 is 2.18 bits per heavy atom. The molecule has 0 amide bonds. The molecule has 11 heavy (non-hydrogen) atoms. The molecule has 0 aromatic carbocycles. The van der Waals surface area contributed by atoms with Crippen LogP contribution in [-0.2, 0) is 9.05 Å². The molecule has 0 aromatic heterocycles. The molecule has 0 saturated carbocycles. The zero-order valence-electron chi connectivity index (χ0n) is 6.95. The van der Waals surface area contributed by atoms with Crippen molar-refractivity contribution in [3.8, 4) is 0 Å². The molecule has 0 unspecified atom stereocenters. The second-order valence-corrected chi connectivity index (χ2v) is 8.26. The van der Waals surface area contributed by atoms with Gasteiger partial charge in [-0.1, -0.05) is 0 Å². The molecule has 2 aliphatic rings. The molecule has 1 spiro atoms. The fraction of sp³-hybridized carbons (Fsp3) is 0.750. The van der Waals surface area contributed by atoms with Gasteiger partial charge in [0.25, 0.3) is 0 Å². The van der Waals surface area contributed by atoms with E-state index in [9.17, 15) is 0 Å². The maximum absolute atomic E-state index is 5.88. The van der Waals surface area contributed by atoms with Crippen molar-refractivity contribution in [2.75, 3.05) is 31.7 Å². The molecule has 1 saturated heterocycles. The Balaban J connectivity index is 2.26. The Bertz CT molecular complexity index is 182. The molecule has 0 bridgehead atoms. The quantitative estimate of drug-likeness (QED) is 0.447. The van der Waals surface area contributed by atoms with Crippen LogP contribution >= 0.6 is 7.06 Å². The molecule has 64 valence electrons. The number of rotatable bonds is 1. The summed E-state index contributed by atoms with van der Waals surface area (Å²) in [5, 5.41) is 0. The molecule has 0 aromatic rings. The SMILES string of the molecule is CCP12(CC=CC1)OCCO2. The van der Waals surface area contributed by atoms with Crippen LogP contribution in [0.15, 0.2) is 12.2 Å². The first-order valence-electron chi connectivity index (χ1n) is 4.25. The summed E-state index contributed by atoms with van der Waals surface area (Å²) in [7, 11) is -2.07. The van der Waals surface area contributed by atoms with Crippen LogP contribution in [0.3, 0.4) is 0 Å². The van der Waals surface area contributed by atoms with Crippen molar-refractivity contribution >= 4 is 7.06 Å². The van der Waals surface area contributed by atoms with E-state index in [0.717, 1.165) is 31.7 Å². The van der Waals surface area contributed by atoms with Gasteiger partial charge in [0.15, 0.2) is 0 Å². The van der Waals surface area contributed by atoms with Crippen LogP contribution in [-0.4, -0.2) is 31.7 Å². The molecule has 2 heterocycles. The van der Waals surface area contributed by atoms with Crippen LogP contribution < -0.4 is 0 Å². The predicted molar refractivity (Wildman–Crippen MR) is 48.2 cm³/mol. The van der Waals surface area contributed by atoms with Crippen molar-refractivity contribution in [2.45, 2.75) is 6.92 Å². The van der Waals surface area contributed by atoms with E-state index in [0.29, 0.717) is 0 Å². The molecule has 3 heteroatoms. The van der Waals surface area contributed by atoms with Crippen molar-refractivity contribution in [3.63, 3.8) is 0 Å². The van der Waals surface area contributed by atoms with E-state index in [1.165, 1.54) is 0 Å². The first-order chi connectivity index (χ1) is 5.29. The summed E-state index contributed by atoms with van der Waals surface area (Å²) >= 11 is 0. The van der Waals surface area contributed by atoms with Crippen LogP contribution in [0.2, 0.25) is 0 Å². The molecule has 0 radical (unpaired) electrons. The van der Waals surface area contributed by atoms with Crippen LogP contribution in [0.25, 0.3) is 0 Å². The summed E-state index contributed by atoms with van der Waals surface area (Å²) in [4.78, 5) is 0. The zero-order valence-corrected chi connectivity index (χ0v) is 7.85. The van der Waals surface area contributed by atoms with Gasteiger partial charge in [-0.15, -0.1) is 0 Å². The molecule has 0 N–H and O–H groups in total. The van der Waals surface area contributed by atoms with E-state index < -0.39 is 7.06 Å². The van der Waals surface area contributed by atoms with Gasteiger partial charge in [-0.05, 0) is 0 Å². The number of hydrogen-bond acceptors (Lipinski definition) is 2. The summed E-state index contributed by atoms with van der Waals surface area (Å²) in [5.74, 6) is 0. The van der Waals surface area contributed by atoms with E-state index in [-0.39, 0.29) is 0 Å². The second-order valence-electron chi connectivity index (χ2n) is 3.34. The van der Waals surface area contributed by atoms with Crippen molar-refractivity contribution in [2.24, 2.45) is 0 Å². The van der Waals surface area contributed by atoms with Gasteiger partial charge in [-0.3, -0.25) is 0 Å². The molecule has 2 rings (SSSR count). The summed E-state index contributed by atoms with van der Waals surface area (Å²) in [6.45, 7) is 3.82. The molecule has 1 fully saturated rings. The number of allylic oxidation sites excluding steroid dienone is 2. The maximum atomic E-state index is 5.88. The third-order valence-electron chi connectivity index (χ3n) is 2.82. The van der Waals surface area contributed by atoms with Gasteiger partial charge in [-0.25, -0.2) is 0 Å². The second kappa shape index (κ2) is 2.29. The van der Waals surface area contributed by atoms with Crippen molar-refractivity contribution in [3.05, 3.63) is 12.2 Å². The first-order valence-corrected chi connectivity index (χ1v) is 6.88. The minimum absolute atomic E-state index is 0.813. The predicted octanol–water partition coefficient (Wildman–Crippen LogP) is 2.01. The summed E-state index contributed by atoms with van der Waals surface area (Å²) < 4.78 is 11.8. The summed E-state index contributed by atoms with van der Waals surface area (Å²) in [6, 6.07) is 0. The third kappa shape index (κ3) is 0.970. The Hall–Kier alpha value is 0.0900. The van der Waals surface area contributed by atoms with Crippen LogP contribution in [0.5, 0.6) is 0 Å². The van der Waals surface area contributed by atoms with E-state index in [4.69, 9.17) is 9.05 Å². The van der Waals surface area contributed by atoms with Gasteiger partial charge in [-0.2, -0.15) is 0 Å². The topological polar surface area (TPSA) is 18.5 Å². The monoisotopic (exact) mass is 174 g/mol. The average molecular weight is 174 g/mol. The van der Waals surface area contributed by atoms with Gasteiger partial charge < -0.3 is 0 Å². The van der Waals surface area contributed by atoms with Crippen molar-refractivity contribution < 1.29 is 9.05 Å². The van der Waals surface area contributed by atoms with Gasteiger partial charge in [0, 0.05) is 0 Å². The van der Waals surface area contributed by atoms with Gasteiger partial charge in [0.2, 0.25) is 0 Å². The first kappa shape index (κ1) is 7.72. The molecular weight excluding hydrogens is 159 g/mol. The van der Waals surface area contributed by atoms with Crippen LogP contribution in [0.1, 0.15) is 6.92 Å². The van der Waals surface area contributed by atoms with E-state index in [1.54, 1.807) is 0 Å². The van der Waals surface area contributed by atoms with Crippen LogP contribution in [0.4, 0.5) is 0 Å². The minimum atomic E-state index is -2.07. The fourth-order valence-corrected chi connectivity index (χ4v) is 5.76. The zero-order chi connectivity index (χ0) is 7.81. The Morgan fingerprint density at radius 2 is 1.73 bits per heavy atom. The molecule has 2 nitrogen and oxygen atoms in total. The standard InChI is InChI=1S/C8H15O2P/c1-2-11(7-3-4-8-11)9-5-6-10-11/h3-4H,2,5-8H2,1H3. The van der Waals surface area contributed by atoms with E-state index in [2.05, 4.69) is 19.1 Å². The fourth-order valence-electron chi connectivity index (χ4n) is 1.92. The molecule has 0 aliphatic carbocycles. The number of hydrogen-bond donors (Lipinski definition) is 0. The molecular formula is C8H15O2P. The molecule has 0 atom stereocenters. The van der Waals surface area contributed by atoms with Crippen molar-refractivity contribution in [1.82, 2.24) is 0 Å². The van der Waals surface area contributed by atoms with Crippen LogP contribution in [0, 0.1) is 0 Å². The van der Waals surface area contributed by atoms with Gasteiger partial charge in [0.1, 0.15) is 0 Å². The summed E-state index contributed by atoms with van der Waals surface area (Å²) in [6.07, 6.45) is 7.63. The third-order valence-corrected chi connectivity index (χ3v) is 7.95. The average Bonchev–Trinajstić information content (AvgIpc) is 2.64. The van der Waals surface area contributed by atoms with E-state index >= 15 is 0 Å². The summed E-state index contributed by atoms with van der Waals surface area (Å²) in [5.41, 5.74) is 0.